The van der Waals surface area contributed by atoms with Gasteiger partial charge in [-0.25, -0.2) is 0 Å². The zero-order chi connectivity index (χ0) is 24.1. The summed E-state index contributed by atoms with van der Waals surface area (Å²) in [6, 6.07) is 15.8. The summed E-state index contributed by atoms with van der Waals surface area (Å²) < 4.78 is 11.5. The summed E-state index contributed by atoms with van der Waals surface area (Å²) >= 11 is 0. The number of hydrazone groups is 1. The molecule has 0 aliphatic carbocycles. The third-order valence-electron chi connectivity index (χ3n) is 6.12. The quantitative estimate of drug-likeness (QED) is 0.120. The Balaban J connectivity index is 1.51. The van der Waals surface area contributed by atoms with Crippen LogP contribution < -0.4 is 14.9 Å². The smallest absolute Gasteiger partial charge is 0.161 e. The fourth-order valence-electron chi connectivity index (χ4n) is 4.06. The molecule has 2 aromatic rings. The van der Waals surface area contributed by atoms with Crippen LogP contribution in [-0.4, -0.2) is 19.9 Å². The molecule has 0 radical (unpaired) electrons. The largest absolute Gasteiger partial charge is 0.493 e. The van der Waals surface area contributed by atoms with Crippen LogP contribution in [0.1, 0.15) is 102 Å². The van der Waals surface area contributed by atoms with Crippen LogP contribution in [0.2, 0.25) is 0 Å². The van der Waals surface area contributed by atoms with Crippen LogP contribution in [0, 0.1) is 0 Å². The predicted molar refractivity (Wildman–Crippen MR) is 146 cm³/mol. The molecule has 34 heavy (non-hydrogen) atoms. The number of benzene rings is 2. The van der Waals surface area contributed by atoms with Crippen LogP contribution in [-0.2, 0) is 0 Å². The van der Waals surface area contributed by atoms with Gasteiger partial charge in [0.2, 0.25) is 0 Å². The zero-order valence-corrected chi connectivity index (χ0v) is 21.6. The Labute approximate surface area is 208 Å². The molecule has 0 aliphatic heterocycles. The number of anilines is 1. The molecule has 0 heterocycles. The van der Waals surface area contributed by atoms with Gasteiger partial charge in [-0.15, -0.1) is 0 Å². The Morgan fingerprint density at radius 2 is 1.29 bits per heavy atom. The van der Waals surface area contributed by atoms with Gasteiger partial charge in [0.05, 0.1) is 25.6 Å². The summed E-state index contributed by atoms with van der Waals surface area (Å²) in [7, 11) is 1.68. The van der Waals surface area contributed by atoms with Crippen molar-refractivity contribution in [1.82, 2.24) is 0 Å². The molecule has 1 N–H and O–H groups in total. The lowest BCUT2D eigenvalue weighted by atomic mass is 10.0. The number of rotatable bonds is 20. The molecule has 4 nitrogen and oxygen atoms in total. The Morgan fingerprint density at radius 1 is 0.706 bits per heavy atom. The fourth-order valence-corrected chi connectivity index (χ4v) is 4.06. The Hall–Kier alpha value is -2.49. The van der Waals surface area contributed by atoms with Crippen LogP contribution in [0.25, 0.3) is 0 Å². The first-order valence-corrected chi connectivity index (χ1v) is 13.5. The van der Waals surface area contributed by atoms with Crippen molar-refractivity contribution in [3.05, 3.63) is 54.1 Å². The van der Waals surface area contributed by atoms with E-state index in [0.717, 1.165) is 35.8 Å². The molecule has 0 aliphatic rings. The monoisotopic (exact) mass is 466 g/mol. The van der Waals surface area contributed by atoms with Gasteiger partial charge < -0.3 is 9.47 Å². The standard InChI is InChI=1S/C30H46N2O2/c1-3-4-5-6-7-8-9-10-11-12-13-14-15-19-24-34-29-23-22-27(25-30(29)33-2)26-31-32-28-20-17-16-18-21-28/h16-18,20-23,25-26,32H,3-15,19,24H2,1-2H3/b31-26-. The maximum Gasteiger partial charge on any atom is 0.161 e. The van der Waals surface area contributed by atoms with Crippen molar-refractivity contribution in [3.8, 4) is 11.5 Å². The first-order valence-electron chi connectivity index (χ1n) is 13.5. The molecule has 188 valence electrons. The molecule has 0 bridgehead atoms. The second-order valence-corrected chi connectivity index (χ2v) is 9.09. The maximum absolute atomic E-state index is 5.98. The van der Waals surface area contributed by atoms with Gasteiger partial charge in [0, 0.05) is 0 Å². The van der Waals surface area contributed by atoms with E-state index < -0.39 is 0 Å². The highest BCUT2D eigenvalue weighted by Crippen LogP contribution is 2.28. The molecule has 4 heteroatoms. The number of nitrogens with zero attached hydrogens (tertiary/aromatic N) is 1. The van der Waals surface area contributed by atoms with Gasteiger partial charge in [-0.05, 0) is 42.3 Å². The summed E-state index contributed by atoms with van der Waals surface area (Å²) in [5.41, 5.74) is 4.95. The lowest BCUT2D eigenvalue weighted by Gasteiger charge is -2.11. The van der Waals surface area contributed by atoms with Crippen molar-refractivity contribution in [1.29, 1.82) is 0 Å². The minimum atomic E-state index is 0.734. The number of methoxy groups -OCH3 is 1. The molecular weight excluding hydrogens is 420 g/mol. The van der Waals surface area contributed by atoms with E-state index in [4.69, 9.17) is 9.47 Å². The van der Waals surface area contributed by atoms with E-state index in [1.54, 1.807) is 13.3 Å². The summed E-state index contributed by atoms with van der Waals surface area (Å²) in [5.74, 6) is 1.54. The molecule has 0 unspecified atom stereocenters. The molecular formula is C30H46N2O2. The summed E-state index contributed by atoms with van der Waals surface area (Å²) in [5, 5.41) is 4.29. The number of hydrogen-bond donors (Lipinski definition) is 1. The lowest BCUT2D eigenvalue weighted by molar-refractivity contribution is 0.284. The SMILES string of the molecule is CCCCCCCCCCCCCCCCOc1ccc(/C=N\Nc2ccccc2)cc1OC. The van der Waals surface area contributed by atoms with E-state index in [2.05, 4.69) is 17.5 Å². The Bertz CT molecular complexity index is 777. The van der Waals surface area contributed by atoms with Gasteiger partial charge in [0.25, 0.3) is 0 Å². The van der Waals surface area contributed by atoms with E-state index in [0.29, 0.717) is 0 Å². The second kappa shape index (κ2) is 18.9. The normalized spacial score (nSPS) is 11.1. The molecule has 0 saturated carbocycles. The fraction of sp³-hybridized carbons (Fsp3) is 0.567. The number of nitrogens with one attached hydrogen (secondary N) is 1. The van der Waals surface area contributed by atoms with E-state index in [9.17, 15) is 0 Å². The van der Waals surface area contributed by atoms with E-state index in [1.807, 2.05) is 48.5 Å². The van der Waals surface area contributed by atoms with Crippen molar-refractivity contribution in [2.24, 2.45) is 5.10 Å². The lowest BCUT2D eigenvalue weighted by Crippen LogP contribution is -2.00. The number of unbranched alkanes of at least 4 members (excludes halogenated alkanes) is 13. The third kappa shape index (κ3) is 12.7. The van der Waals surface area contributed by atoms with Crippen molar-refractivity contribution in [3.63, 3.8) is 0 Å². The first kappa shape index (κ1) is 27.8. The molecule has 0 aromatic heterocycles. The molecule has 2 aromatic carbocycles. The van der Waals surface area contributed by atoms with E-state index in [-0.39, 0.29) is 0 Å². The van der Waals surface area contributed by atoms with Crippen LogP contribution in [0.4, 0.5) is 5.69 Å². The van der Waals surface area contributed by atoms with Gasteiger partial charge in [-0.2, -0.15) is 5.10 Å². The van der Waals surface area contributed by atoms with Gasteiger partial charge in [-0.3, -0.25) is 5.43 Å². The van der Waals surface area contributed by atoms with Crippen molar-refractivity contribution in [2.45, 2.75) is 96.8 Å². The third-order valence-corrected chi connectivity index (χ3v) is 6.12. The van der Waals surface area contributed by atoms with Gasteiger partial charge in [0.1, 0.15) is 0 Å². The van der Waals surface area contributed by atoms with Crippen molar-refractivity contribution in [2.75, 3.05) is 19.1 Å². The highest BCUT2D eigenvalue weighted by Gasteiger charge is 2.05. The number of hydrogen-bond acceptors (Lipinski definition) is 4. The molecule has 2 rings (SSSR count). The van der Waals surface area contributed by atoms with Crippen molar-refractivity contribution >= 4 is 11.9 Å². The van der Waals surface area contributed by atoms with Gasteiger partial charge in [0.15, 0.2) is 11.5 Å². The molecule has 0 amide bonds. The zero-order valence-electron chi connectivity index (χ0n) is 21.6. The van der Waals surface area contributed by atoms with Gasteiger partial charge >= 0.3 is 0 Å². The summed E-state index contributed by atoms with van der Waals surface area (Å²) in [4.78, 5) is 0. The second-order valence-electron chi connectivity index (χ2n) is 9.09. The van der Waals surface area contributed by atoms with E-state index >= 15 is 0 Å². The Kier molecular flexibility index (Phi) is 15.4. The molecule has 0 atom stereocenters. The Morgan fingerprint density at radius 3 is 1.88 bits per heavy atom. The average molecular weight is 467 g/mol. The van der Waals surface area contributed by atoms with Crippen LogP contribution in [0.5, 0.6) is 11.5 Å². The van der Waals surface area contributed by atoms with Crippen LogP contribution in [0.15, 0.2) is 53.6 Å². The first-order chi connectivity index (χ1) is 16.8. The number of ether oxygens (including phenoxy) is 2. The predicted octanol–water partition coefficient (Wildman–Crippen LogP) is 9.00. The summed E-state index contributed by atoms with van der Waals surface area (Å²) in [6.07, 6.45) is 20.9. The van der Waals surface area contributed by atoms with E-state index in [1.165, 1.54) is 83.5 Å². The van der Waals surface area contributed by atoms with Crippen LogP contribution in [0.3, 0.4) is 0 Å². The van der Waals surface area contributed by atoms with Crippen LogP contribution >= 0.6 is 0 Å². The minimum Gasteiger partial charge on any atom is -0.493 e. The van der Waals surface area contributed by atoms with Crippen molar-refractivity contribution < 1.29 is 9.47 Å². The maximum atomic E-state index is 5.98. The molecule has 0 fully saturated rings. The number of para-hydroxylation sites is 1. The molecule has 0 spiro atoms. The molecule has 0 saturated heterocycles. The summed E-state index contributed by atoms with van der Waals surface area (Å²) in [6.45, 7) is 3.02. The highest BCUT2D eigenvalue weighted by molar-refractivity contribution is 5.81. The highest BCUT2D eigenvalue weighted by atomic mass is 16.5. The topological polar surface area (TPSA) is 42.8 Å². The van der Waals surface area contributed by atoms with Gasteiger partial charge in [-0.1, -0.05) is 109 Å². The minimum absolute atomic E-state index is 0.734. The average Bonchev–Trinajstić information content (AvgIpc) is 2.87.